The van der Waals surface area contributed by atoms with Gasteiger partial charge in [-0.3, -0.25) is 0 Å². The Morgan fingerprint density at radius 1 is 0.944 bits per heavy atom. The number of nitrogens with zero attached hydrogens (tertiary/aromatic N) is 2. The molecule has 0 aromatic rings. The highest BCUT2D eigenvalue weighted by Gasteiger charge is 2.33. The summed E-state index contributed by atoms with van der Waals surface area (Å²) in [7, 11) is 0. The molecule has 0 aromatic heterocycles. The average Bonchev–Trinajstić information content (AvgIpc) is 2.69. The van der Waals surface area contributed by atoms with Crippen LogP contribution in [0.2, 0.25) is 0 Å². The number of nitrogens with one attached hydrogen (secondary N) is 1. The first-order valence-electron chi connectivity index (χ1n) is 7.52. The minimum absolute atomic E-state index is 0.288. The SMILES string of the molecule is CC1CCN(C(=O)N2CCC3CCC(C2)N3)CC1. The van der Waals surface area contributed by atoms with Gasteiger partial charge in [-0.1, -0.05) is 6.92 Å². The molecule has 3 aliphatic heterocycles. The number of hydrogen-bond donors (Lipinski definition) is 1. The van der Waals surface area contributed by atoms with E-state index in [-0.39, 0.29) is 6.03 Å². The van der Waals surface area contributed by atoms with E-state index in [4.69, 9.17) is 0 Å². The summed E-state index contributed by atoms with van der Waals surface area (Å²) in [6.07, 6.45) is 6.01. The Kier molecular flexibility index (Phi) is 3.46. The van der Waals surface area contributed by atoms with Crippen LogP contribution in [0.5, 0.6) is 0 Å². The van der Waals surface area contributed by atoms with E-state index < -0.39 is 0 Å². The van der Waals surface area contributed by atoms with Crippen LogP contribution in [0.1, 0.15) is 39.0 Å². The smallest absolute Gasteiger partial charge is 0.320 e. The molecule has 4 nitrogen and oxygen atoms in total. The molecule has 1 N–H and O–H groups in total. The van der Waals surface area contributed by atoms with Crippen LogP contribution in [0.3, 0.4) is 0 Å². The number of piperidine rings is 1. The molecule has 3 heterocycles. The highest BCUT2D eigenvalue weighted by molar-refractivity contribution is 5.74. The lowest BCUT2D eigenvalue weighted by Gasteiger charge is -2.35. The Hall–Kier alpha value is -0.770. The molecule has 102 valence electrons. The van der Waals surface area contributed by atoms with Gasteiger partial charge >= 0.3 is 6.03 Å². The van der Waals surface area contributed by atoms with Gasteiger partial charge < -0.3 is 15.1 Å². The maximum atomic E-state index is 12.5. The third-order valence-corrected chi connectivity index (χ3v) is 4.85. The van der Waals surface area contributed by atoms with Crippen LogP contribution in [0, 0.1) is 5.92 Å². The molecule has 3 rings (SSSR count). The summed E-state index contributed by atoms with van der Waals surface area (Å²) in [6.45, 7) is 6.06. The third kappa shape index (κ3) is 2.48. The molecular weight excluding hydrogens is 226 g/mol. The van der Waals surface area contributed by atoms with E-state index in [2.05, 4.69) is 22.0 Å². The summed E-state index contributed by atoms with van der Waals surface area (Å²) >= 11 is 0. The third-order valence-electron chi connectivity index (χ3n) is 4.85. The summed E-state index contributed by atoms with van der Waals surface area (Å²) in [5, 5.41) is 3.64. The van der Waals surface area contributed by atoms with Crippen LogP contribution in [-0.4, -0.2) is 54.1 Å². The number of likely N-dealkylation sites (tertiary alicyclic amines) is 2. The molecule has 2 atom stereocenters. The van der Waals surface area contributed by atoms with Crippen molar-refractivity contribution in [1.29, 1.82) is 0 Å². The van der Waals surface area contributed by atoms with Crippen LogP contribution in [0.4, 0.5) is 4.79 Å². The molecule has 3 fully saturated rings. The van der Waals surface area contributed by atoms with Gasteiger partial charge in [0.25, 0.3) is 0 Å². The van der Waals surface area contributed by atoms with E-state index in [1.165, 1.54) is 25.7 Å². The molecule has 0 aromatic carbocycles. The highest BCUT2D eigenvalue weighted by Crippen LogP contribution is 2.23. The zero-order valence-electron chi connectivity index (χ0n) is 11.4. The van der Waals surface area contributed by atoms with Crippen molar-refractivity contribution in [2.24, 2.45) is 5.92 Å². The normalized spacial score (nSPS) is 33.6. The lowest BCUT2D eigenvalue weighted by Crippen LogP contribution is -2.49. The Balaban J connectivity index is 1.58. The molecule has 0 saturated carbocycles. The fourth-order valence-corrected chi connectivity index (χ4v) is 3.52. The molecule has 2 amide bonds. The molecular formula is C14H25N3O. The predicted molar refractivity (Wildman–Crippen MR) is 71.5 cm³/mol. The van der Waals surface area contributed by atoms with Gasteiger partial charge in [-0.15, -0.1) is 0 Å². The second kappa shape index (κ2) is 5.08. The Morgan fingerprint density at radius 2 is 1.61 bits per heavy atom. The second-order valence-electron chi connectivity index (χ2n) is 6.32. The second-order valence-corrected chi connectivity index (χ2v) is 6.32. The molecule has 0 radical (unpaired) electrons. The standard InChI is InChI=1S/C14H25N3O/c1-11-4-7-16(8-5-11)14(18)17-9-6-12-2-3-13(10-17)15-12/h11-13,15H,2-10H2,1H3. The Morgan fingerprint density at radius 3 is 2.39 bits per heavy atom. The lowest BCUT2D eigenvalue weighted by atomic mass is 9.99. The first-order chi connectivity index (χ1) is 8.72. The van der Waals surface area contributed by atoms with Crippen LogP contribution in [0.15, 0.2) is 0 Å². The van der Waals surface area contributed by atoms with Crippen LogP contribution >= 0.6 is 0 Å². The van der Waals surface area contributed by atoms with Crippen LogP contribution in [0.25, 0.3) is 0 Å². The zero-order chi connectivity index (χ0) is 12.5. The molecule has 3 aliphatic rings. The summed E-state index contributed by atoms with van der Waals surface area (Å²) < 4.78 is 0. The topological polar surface area (TPSA) is 35.6 Å². The molecule has 2 unspecified atom stereocenters. The van der Waals surface area contributed by atoms with E-state index in [9.17, 15) is 4.79 Å². The van der Waals surface area contributed by atoms with E-state index >= 15 is 0 Å². The van der Waals surface area contributed by atoms with Crippen LogP contribution < -0.4 is 5.32 Å². The van der Waals surface area contributed by atoms with Gasteiger partial charge in [0.15, 0.2) is 0 Å². The summed E-state index contributed by atoms with van der Waals surface area (Å²) in [6, 6.07) is 1.50. The fourth-order valence-electron chi connectivity index (χ4n) is 3.52. The quantitative estimate of drug-likeness (QED) is 0.711. The van der Waals surface area contributed by atoms with Gasteiger partial charge in [0, 0.05) is 38.3 Å². The van der Waals surface area contributed by atoms with Gasteiger partial charge in [-0.25, -0.2) is 4.79 Å². The molecule has 0 spiro atoms. The minimum Gasteiger partial charge on any atom is -0.325 e. The molecule has 18 heavy (non-hydrogen) atoms. The van der Waals surface area contributed by atoms with Crippen molar-refractivity contribution in [1.82, 2.24) is 15.1 Å². The average molecular weight is 251 g/mol. The van der Waals surface area contributed by atoms with Crippen molar-refractivity contribution < 1.29 is 4.79 Å². The first-order valence-corrected chi connectivity index (χ1v) is 7.52. The molecule has 3 saturated heterocycles. The maximum Gasteiger partial charge on any atom is 0.320 e. The van der Waals surface area contributed by atoms with Crippen molar-refractivity contribution in [3.05, 3.63) is 0 Å². The molecule has 4 heteroatoms. The summed E-state index contributed by atoms with van der Waals surface area (Å²) in [5.41, 5.74) is 0. The van der Waals surface area contributed by atoms with Crippen LogP contribution in [-0.2, 0) is 0 Å². The van der Waals surface area contributed by atoms with E-state index in [0.29, 0.717) is 12.1 Å². The van der Waals surface area contributed by atoms with E-state index in [1.54, 1.807) is 0 Å². The van der Waals surface area contributed by atoms with Crippen molar-refractivity contribution in [3.8, 4) is 0 Å². The molecule has 0 aliphatic carbocycles. The van der Waals surface area contributed by atoms with Gasteiger partial charge in [-0.05, 0) is 38.0 Å². The number of carbonyl (C=O) groups excluding carboxylic acids is 1. The van der Waals surface area contributed by atoms with Crippen molar-refractivity contribution >= 4 is 6.03 Å². The van der Waals surface area contributed by atoms with Crippen molar-refractivity contribution in [2.45, 2.75) is 51.1 Å². The largest absolute Gasteiger partial charge is 0.325 e. The molecule has 2 bridgehead atoms. The number of hydrogen-bond acceptors (Lipinski definition) is 2. The zero-order valence-corrected chi connectivity index (χ0v) is 11.4. The summed E-state index contributed by atoms with van der Waals surface area (Å²) in [4.78, 5) is 16.7. The number of rotatable bonds is 0. The predicted octanol–water partition coefficient (Wildman–Crippen LogP) is 1.66. The number of fused-ring (bicyclic) bond motifs is 2. The number of urea groups is 1. The van der Waals surface area contributed by atoms with E-state index in [0.717, 1.165) is 38.5 Å². The number of amides is 2. The monoisotopic (exact) mass is 251 g/mol. The van der Waals surface area contributed by atoms with E-state index in [1.807, 2.05) is 0 Å². The van der Waals surface area contributed by atoms with Gasteiger partial charge in [0.1, 0.15) is 0 Å². The maximum absolute atomic E-state index is 12.5. The Labute approximate surface area is 110 Å². The first kappa shape index (κ1) is 12.3. The van der Waals surface area contributed by atoms with Gasteiger partial charge in [0.2, 0.25) is 0 Å². The van der Waals surface area contributed by atoms with Gasteiger partial charge in [-0.2, -0.15) is 0 Å². The highest BCUT2D eigenvalue weighted by atomic mass is 16.2. The summed E-state index contributed by atoms with van der Waals surface area (Å²) in [5.74, 6) is 0.788. The van der Waals surface area contributed by atoms with Crippen molar-refractivity contribution in [2.75, 3.05) is 26.2 Å². The Bertz CT molecular complexity index is 312. The fraction of sp³-hybridized carbons (Fsp3) is 0.929. The number of carbonyl (C=O) groups is 1. The van der Waals surface area contributed by atoms with Crippen molar-refractivity contribution in [3.63, 3.8) is 0 Å². The lowest BCUT2D eigenvalue weighted by molar-refractivity contribution is 0.132. The van der Waals surface area contributed by atoms with Gasteiger partial charge in [0.05, 0.1) is 0 Å². The minimum atomic E-state index is 0.288.